The van der Waals surface area contributed by atoms with Crippen LogP contribution in [0.3, 0.4) is 0 Å². The van der Waals surface area contributed by atoms with E-state index in [1.807, 2.05) is 13.8 Å². The van der Waals surface area contributed by atoms with Gasteiger partial charge in [-0.25, -0.2) is 4.90 Å². The Bertz CT molecular complexity index is 1120. The number of nitrogens with one attached hydrogen (secondary N) is 1. The average molecular weight is 522 g/mol. The van der Waals surface area contributed by atoms with Crippen LogP contribution in [0.2, 0.25) is 5.02 Å². The van der Waals surface area contributed by atoms with Crippen molar-refractivity contribution in [3.05, 3.63) is 57.5 Å². The van der Waals surface area contributed by atoms with Crippen molar-refractivity contribution in [1.29, 1.82) is 0 Å². The van der Waals surface area contributed by atoms with Gasteiger partial charge in [-0.1, -0.05) is 47.4 Å². The minimum Gasteiger partial charge on any atom is -0.508 e. The van der Waals surface area contributed by atoms with E-state index < -0.39 is 41.2 Å². The van der Waals surface area contributed by atoms with Crippen LogP contribution in [0, 0.1) is 17.8 Å². The first-order valence-corrected chi connectivity index (χ1v) is 11.4. The van der Waals surface area contributed by atoms with Crippen LogP contribution in [0.15, 0.2) is 46.9 Å². The molecule has 0 radical (unpaired) electrons. The molecule has 168 valence electrons. The summed E-state index contributed by atoms with van der Waals surface area (Å²) in [5.41, 5.74) is -1.02. The van der Waals surface area contributed by atoms with Gasteiger partial charge < -0.3 is 10.2 Å². The van der Waals surface area contributed by atoms with Gasteiger partial charge in [0.05, 0.1) is 17.5 Å². The molecule has 0 aromatic heterocycles. The van der Waals surface area contributed by atoms with Crippen LogP contribution in [-0.2, 0) is 14.4 Å². The molecule has 4 rings (SSSR count). The molecule has 4 atom stereocenters. The van der Waals surface area contributed by atoms with Gasteiger partial charge in [0.2, 0.25) is 11.8 Å². The Labute approximate surface area is 198 Å². The number of aromatic hydroxyl groups is 1. The maximum Gasteiger partial charge on any atom is 0.324 e. The molecule has 0 bridgehead atoms. The number of anilines is 1. The zero-order valence-electron chi connectivity index (χ0n) is 17.4. The molecule has 2 aliphatic rings. The first kappa shape index (κ1) is 22.8. The number of hydrogen-bond acceptors (Lipinski definition) is 5. The lowest BCUT2D eigenvalue weighted by molar-refractivity contribution is -0.149. The average Bonchev–Trinajstić information content (AvgIpc) is 3.18. The second-order valence-corrected chi connectivity index (χ2v) is 10.0. The zero-order chi connectivity index (χ0) is 23.4. The Morgan fingerprint density at radius 2 is 1.94 bits per heavy atom. The third kappa shape index (κ3) is 3.50. The van der Waals surface area contributed by atoms with Crippen LogP contribution >= 0.6 is 27.5 Å². The van der Waals surface area contributed by atoms with Crippen molar-refractivity contribution in [2.24, 2.45) is 17.8 Å². The first-order valence-electron chi connectivity index (χ1n) is 10.2. The summed E-state index contributed by atoms with van der Waals surface area (Å²) in [6.45, 7) is 3.72. The lowest BCUT2D eigenvalue weighted by atomic mass is 9.75. The quantitative estimate of drug-likeness (QED) is 0.511. The van der Waals surface area contributed by atoms with E-state index in [-0.39, 0.29) is 18.1 Å². The molecule has 2 aromatic rings. The molecule has 3 N–H and O–H groups in total. The molecule has 2 saturated heterocycles. The molecule has 0 saturated carbocycles. The number of phenols is 1. The number of imide groups is 1. The Morgan fingerprint density at radius 1 is 1.22 bits per heavy atom. The number of aliphatic carboxylic acids is 1. The number of amides is 2. The molecular formula is C23H22BrClN2O5. The highest BCUT2D eigenvalue weighted by Gasteiger charge is 2.68. The van der Waals surface area contributed by atoms with E-state index >= 15 is 0 Å². The molecule has 9 heteroatoms. The summed E-state index contributed by atoms with van der Waals surface area (Å²) in [6, 6.07) is 10.2. The number of carboxylic acids is 1. The number of nitrogens with zero attached hydrogens (tertiary/aromatic N) is 1. The monoisotopic (exact) mass is 520 g/mol. The van der Waals surface area contributed by atoms with E-state index in [0.29, 0.717) is 20.7 Å². The summed E-state index contributed by atoms with van der Waals surface area (Å²) < 4.78 is 0.656. The van der Waals surface area contributed by atoms with E-state index in [4.69, 9.17) is 11.6 Å². The van der Waals surface area contributed by atoms with Gasteiger partial charge in [-0.05, 0) is 48.7 Å². The molecule has 2 heterocycles. The van der Waals surface area contributed by atoms with Crippen molar-refractivity contribution in [1.82, 2.24) is 5.32 Å². The van der Waals surface area contributed by atoms with Gasteiger partial charge >= 0.3 is 5.97 Å². The van der Waals surface area contributed by atoms with E-state index in [1.54, 1.807) is 30.3 Å². The van der Waals surface area contributed by atoms with Crippen LogP contribution in [-0.4, -0.2) is 33.5 Å². The number of halogens is 2. The van der Waals surface area contributed by atoms with Crippen molar-refractivity contribution in [2.75, 3.05) is 4.90 Å². The van der Waals surface area contributed by atoms with Gasteiger partial charge in [-0.15, -0.1) is 0 Å². The molecule has 2 aromatic carbocycles. The Hall–Kier alpha value is -2.42. The van der Waals surface area contributed by atoms with E-state index in [9.17, 15) is 24.6 Å². The summed E-state index contributed by atoms with van der Waals surface area (Å²) in [5.74, 6) is -4.62. The topological polar surface area (TPSA) is 107 Å². The SMILES string of the molecule is CC(C)C[C@]1(C(=O)O)N[C@H](c2cc(Br)ccc2O)[C@H]2C(=O)N(c3cccc(Cl)c3)C(=O)[C@@H]21. The van der Waals surface area contributed by atoms with Crippen molar-refractivity contribution in [2.45, 2.75) is 31.8 Å². The maximum atomic E-state index is 13.6. The number of carbonyl (C=O) groups is 3. The number of hydrogen-bond donors (Lipinski definition) is 3. The third-order valence-electron chi connectivity index (χ3n) is 6.16. The van der Waals surface area contributed by atoms with Gasteiger partial charge in [0.1, 0.15) is 11.3 Å². The van der Waals surface area contributed by atoms with Gasteiger partial charge in [0.15, 0.2) is 0 Å². The second kappa shape index (κ2) is 8.17. The molecule has 7 nitrogen and oxygen atoms in total. The fourth-order valence-electron chi connectivity index (χ4n) is 5.03. The Kier molecular flexibility index (Phi) is 5.81. The molecule has 2 fully saturated rings. The van der Waals surface area contributed by atoms with E-state index in [1.165, 1.54) is 12.1 Å². The van der Waals surface area contributed by atoms with E-state index in [2.05, 4.69) is 21.2 Å². The lowest BCUT2D eigenvalue weighted by Crippen LogP contribution is -2.56. The van der Waals surface area contributed by atoms with Crippen LogP contribution in [0.25, 0.3) is 0 Å². The van der Waals surface area contributed by atoms with Crippen molar-refractivity contribution in [3.8, 4) is 5.75 Å². The first-order chi connectivity index (χ1) is 15.1. The largest absolute Gasteiger partial charge is 0.508 e. The van der Waals surface area contributed by atoms with Gasteiger partial charge in [0, 0.05) is 21.1 Å². The second-order valence-electron chi connectivity index (χ2n) is 8.69. The number of phenolic OH excluding ortho intramolecular Hbond substituents is 1. The Balaban J connectivity index is 1.91. The number of fused-ring (bicyclic) bond motifs is 1. The molecule has 2 aliphatic heterocycles. The molecular weight excluding hydrogens is 500 g/mol. The number of benzene rings is 2. The smallest absolute Gasteiger partial charge is 0.324 e. The number of carbonyl (C=O) groups excluding carboxylic acids is 2. The molecule has 0 aliphatic carbocycles. The standard InChI is InChI=1S/C23H22BrClN2O5/c1-11(2)10-23(22(31)32)18-17(19(26-23)15-8-12(24)6-7-16(15)28)20(29)27(21(18)30)14-5-3-4-13(25)9-14/h3-9,11,17-19,26,28H,10H2,1-2H3,(H,31,32)/t17-,18+,19+,23-/m0/s1. The highest BCUT2D eigenvalue weighted by Crippen LogP contribution is 2.53. The van der Waals surface area contributed by atoms with Crippen molar-refractivity contribution < 1.29 is 24.6 Å². The molecule has 32 heavy (non-hydrogen) atoms. The number of carboxylic acid groups (broad SMARTS) is 1. The molecule has 0 unspecified atom stereocenters. The predicted molar refractivity (Wildman–Crippen MR) is 122 cm³/mol. The number of rotatable bonds is 5. The lowest BCUT2D eigenvalue weighted by Gasteiger charge is -2.32. The van der Waals surface area contributed by atoms with E-state index in [0.717, 1.165) is 4.90 Å². The third-order valence-corrected chi connectivity index (χ3v) is 6.89. The predicted octanol–water partition coefficient (Wildman–Crippen LogP) is 4.13. The zero-order valence-corrected chi connectivity index (χ0v) is 19.7. The van der Waals surface area contributed by atoms with Gasteiger partial charge in [0.25, 0.3) is 0 Å². The van der Waals surface area contributed by atoms with Crippen molar-refractivity contribution in [3.63, 3.8) is 0 Å². The van der Waals surface area contributed by atoms with Gasteiger partial charge in [-0.3, -0.25) is 19.7 Å². The fraction of sp³-hybridized carbons (Fsp3) is 0.348. The maximum absolute atomic E-state index is 13.6. The molecule has 2 amide bonds. The normalized spacial score (nSPS) is 27.3. The summed E-state index contributed by atoms with van der Waals surface area (Å²) >= 11 is 9.45. The Morgan fingerprint density at radius 3 is 2.56 bits per heavy atom. The minimum atomic E-state index is -1.67. The summed E-state index contributed by atoms with van der Waals surface area (Å²) in [5, 5.41) is 24.3. The van der Waals surface area contributed by atoms with Crippen LogP contribution in [0.5, 0.6) is 5.75 Å². The van der Waals surface area contributed by atoms with Crippen LogP contribution in [0.4, 0.5) is 5.69 Å². The highest BCUT2D eigenvalue weighted by molar-refractivity contribution is 9.10. The van der Waals surface area contributed by atoms with Crippen LogP contribution in [0.1, 0.15) is 31.9 Å². The summed E-state index contributed by atoms with van der Waals surface area (Å²) in [7, 11) is 0. The van der Waals surface area contributed by atoms with Gasteiger partial charge in [-0.2, -0.15) is 0 Å². The summed E-state index contributed by atoms with van der Waals surface area (Å²) in [6.07, 6.45) is 0.136. The van der Waals surface area contributed by atoms with Crippen LogP contribution < -0.4 is 10.2 Å². The molecule has 0 spiro atoms. The summed E-state index contributed by atoms with van der Waals surface area (Å²) in [4.78, 5) is 40.9. The highest BCUT2D eigenvalue weighted by atomic mass is 79.9. The fourth-order valence-corrected chi connectivity index (χ4v) is 5.59. The van der Waals surface area contributed by atoms with Crippen molar-refractivity contribution >= 4 is 51.0 Å². The minimum absolute atomic E-state index is 0.0720.